The zero-order chi connectivity index (χ0) is 11.4. The van der Waals surface area contributed by atoms with Crippen LogP contribution in [0.3, 0.4) is 0 Å². The Bertz CT molecular complexity index is 467. The topological polar surface area (TPSA) is 43.6 Å². The van der Waals surface area contributed by atoms with Gasteiger partial charge in [0.2, 0.25) is 0 Å². The van der Waals surface area contributed by atoms with E-state index in [4.69, 9.17) is 11.6 Å². The smallest absolute Gasteiger partial charge is 0.108 e. The molecule has 0 saturated carbocycles. The molecule has 2 rings (SSSR count). The molecule has 0 fully saturated rings. The van der Waals surface area contributed by atoms with Crippen molar-refractivity contribution < 1.29 is 0 Å². The summed E-state index contributed by atoms with van der Waals surface area (Å²) in [5.41, 5.74) is 0.906. The first-order valence-corrected chi connectivity index (χ1v) is 5.64. The second-order valence-electron chi connectivity index (χ2n) is 3.51. The summed E-state index contributed by atoms with van der Waals surface area (Å²) in [5.74, 6) is 1.09. The van der Waals surface area contributed by atoms with Gasteiger partial charge in [-0.15, -0.1) is 0 Å². The fourth-order valence-electron chi connectivity index (χ4n) is 1.60. The predicted molar refractivity (Wildman–Crippen MR) is 62.4 cm³/mol. The van der Waals surface area contributed by atoms with Gasteiger partial charge in [0.05, 0.1) is 16.9 Å². The average molecular weight is 237 g/mol. The zero-order valence-corrected chi connectivity index (χ0v) is 9.85. The van der Waals surface area contributed by atoms with Gasteiger partial charge < -0.3 is 4.57 Å². The molecule has 4 nitrogen and oxygen atoms in total. The van der Waals surface area contributed by atoms with Gasteiger partial charge in [-0.05, 0) is 6.07 Å². The molecule has 0 spiro atoms. The predicted octanol–water partition coefficient (Wildman–Crippen LogP) is 2.13. The van der Waals surface area contributed by atoms with Crippen molar-refractivity contribution in [1.29, 1.82) is 0 Å². The third-order valence-corrected chi connectivity index (χ3v) is 2.61. The van der Waals surface area contributed by atoms with E-state index in [0.29, 0.717) is 5.02 Å². The standard InChI is InChI=1S/C11H13ClN4/c1-2-11-13-4-6-16(11)5-3-10-7-9(12)8-14-15-10/h4,6-8H,2-3,5H2,1H3. The highest BCUT2D eigenvalue weighted by Crippen LogP contribution is 2.08. The third kappa shape index (κ3) is 2.58. The van der Waals surface area contributed by atoms with Crippen molar-refractivity contribution in [3.05, 3.63) is 41.2 Å². The Morgan fingerprint density at radius 3 is 3.06 bits per heavy atom. The van der Waals surface area contributed by atoms with Gasteiger partial charge in [-0.2, -0.15) is 10.2 Å². The van der Waals surface area contributed by atoms with Crippen molar-refractivity contribution >= 4 is 11.6 Å². The van der Waals surface area contributed by atoms with E-state index in [-0.39, 0.29) is 0 Å². The van der Waals surface area contributed by atoms with Gasteiger partial charge in [-0.25, -0.2) is 4.98 Å². The van der Waals surface area contributed by atoms with Gasteiger partial charge in [0.1, 0.15) is 5.82 Å². The second-order valence-corrected chi connectivity index (χ2v) is 3.94. The molecular formula is C11H13ClN4. The first-order chi connectivity index (χ1) is 7.79. The van der Waals surface area contributed by atoms with Gasteiger partial charge in [-0.3, -0.25) is 0 Å². The molecule has 0 amide bonds. The van der Waals surface area contributed by atoms with Crippen LogP contribution in [-0.2, 0) is 19.4 Å². The molecule has 2 aromatic heterocycles. The molecule has 0 aliphatic rings. The van der Waals surface area contributed by atoms with Gasteiger partial charge in [-0.1, -0.05) is 18.5 Å². The SMILES string of the molecule is CCc1nccn1CCc1cc(Cl)cnn1. The van der Waals surface area contributed by atoms with Crippen LogP contribution in [0.5, 0.6) is 0 Å². The van der Waals surface area contributed by atoms with E-state index in [1.54, 1.807) is 6.20 Å². The molecule has 16 heavy (non-hydrogen) atoms. The van der Waals surface area contributed by atoms with Crippen LogP contribution in [0.2, 0.25) is 5.02 Å². The number of nitrogens with zero attached hydrogens (tertiary/aromatic N) is 4. The first kappa shape index (κ1) is 11.1. The lowest BCUT2D eigenvalue weighted by Gasteiger charge is -2.05. The van der Waals surface area contributed by atoms with Crippen LogP contribution in [0.15, 0.2) is 24.7 Å². The van der Waals surface area contributed by atoms with E-state index >= 15 is 0 Å². The molecule has 84 valence electrons. The number of aromatic nitrogens is 4. The van der Waals surface area contributed by atoms with E-state index in [9.17, 15) is 0 Å². The van der Waals surface area contributed by atoms with Crippen LogP contribution in [0.4, 0.5) is 0 Å². The Kier molecular flexibility index (Phi) is 3.51. The van der Waals surface area contributed by atoms with Crippen molar-refractivity contribution in [3.8, 4) is 0 Å². The molecular weight excluding hydrogens is 224 g/mol. The number of rotatable bonds is 4. The number of hydrogen-bond donors (Lipinski definition) is 0. The minimum absolute atomic E-state index is 0.631. The molecule has 0 saturated heterocycles. The normalized spacial score (nSPS) is 10.6. The molecule has 0 bridgehead atoms. The van der Waals surface area contributed by atoms with E-state index in [1.165, 1.54) is 0 Å². The molecule has 0 radical (unpaired) electrons. The Hall–Kier alpha value is -1.42. The van der Waals surface area contributed by atoms with Gasteiger partial charge in [0.25, 0.3) is 0 Å². The maximum atomic E-state index is 5.84. The molecule has 0 unspecified atom stereocenters. The van der Waals surface area contributed by atoms with Crippen LogP contribution in [-0.4, -0.2) is 19.7 Å². The van der Waals surface area contributed by atoms with Crippen molar-refractivity contribution in [2.24, 2.45) is 0 Å². The Labute approximate surface area is 99.3 Å². The van der Waals surface area contributed by atoms with Crippen molar-refractivity contribution in [3.63, 3.8) is 0 Å². The maximum absolute atomic E-state index is 5.84. The molecule has 0 N–H and O–H groups in total. The highest BCUT2D eigenvalue weighted by molar-refractivity contribution is 6.30. The lowest BCUT2D eigenvalue weighted by molar-refractivity contribution is 0.643. The lowest BCUT2D eigenvalue weighted by atomic mass is 10.3. The van der Waals surface area contributed by atoms with E-state index in [2.05, 4.69) is 26.7 Å². The largest absolute Gasteiger partial charge is 0.335 e. The Balaban J connectivity index is 2.02. The van der Waals surface area contributed by atoms with Gasteiger partial charge in [0.15, 0.2) is 0 Å². The summed E-state index contributed by atoms with van der Waals surface area (Å²) in [7, 11) is 0. The molecule has 2 heterocycles. The van der Waals surface area contributed by atoms with Crippen LogP contribution in [0.25, 0.3) is 0 Å². The molecule has 5 heteroatoms. The van der Waals surface area contributed by atoms with Crippen LogP contribution in [0.1, 0.15) is 18.4 Å². The summed E-state index contributed by atoms with van der Waals surface area (Å²) in [6.45, 7) is 2.95. The second kappa shape index (κ2) is 5.07. The fourth-order valence-corrected chi connectivity index (χ4v) is 1.77. The van der Waals surface area contributed by atoms with Crippen LogP contribution >= 0.6 is 11.6 Å². The average Bonchev–Trinajstić information content (AvgIpc) is 2.74. The Morgan fingerprint density at radius 2 is 2.31 bits per heavy atom. The highest BCUT2D eigenvalue weighted by atomic mass is 35.5. The van der Waals surface area contributed by atoms with E-state index < -0.39 is 0 Å². The monoisotopic (exact) mass is 236 g/mol. The summed E-state index contributed by atoms with van der Waals surface area (Å²) >= 11 is 5.84. The molecule has 0 atom stereocenters. The van der Waals surface area contributed by atoms with Crippen molar-refractivity contribution in [2.45, 2.75) is 26.3 Å². The third-order valence-electron chi connectivity index (χ3n) is 2.40. The molecule has 0 aliphatic carbocycles. The summed E-state index contributed by atoms with van der Waals surface area (Å²) in [6, 6.07) is 1.84. The fraction of sp³-hybridized carbons (Fsp3) is 0.364. The molecule has 2 aromatic rings. The number of imidazole rings is 1. The first-order valence-electron chi connectivity index (χ1n) is 5.26. The quantitative estimate of drug-likeness (QED) is 0.817. The maximum Gasteiger partial charge on any atom is 0.108 e. The zero-order valence-electron chi connectivity index (χ0n) is 9.10. The van der Waals surface area contributed by atoms with E-state index in [0.717, 1.165) is 30.9 Å². The van der Waals surface area contributed by atoms with Gasteiger partial charge in [0, 0.05) is 31.8 Å². The summed E-state index contributed by atoms with van der Waals surface area (Å²) in [5, 5.41) is 8.48. The molecule has 0 aliphatic heterocycles. The van der Waals surface area contributed by atoms with Crippen molar-refractivity contribution in [1.82, 2.24) is 19.7 Å². The lowest BCUT2D eigenvalue weighted by Crippen LogP contribution is -2.06. The number of halogens is 1. The van der Waals surface area contributed by atoms with Gasteiger partial charge >= 0.3 is 0 Å². The summed E-state index contributed by atoms with van der Waals surface area (Å²) in [6.07, 6.45) is 7.10. The van der Waals surface area contributed by atoms with Crippen molar-refractivity contribution in [2.75, 3.05) is 0 Å². The molecule has 0 aromatic carbocycles. The Morgan fingerprint density at radius 1 is 1.44 bits per heavy atom. The number of aryl methyl sites for hydroxylation is 3. The summed E-state index contributed by atoms with van der Waals surface area (Å²) in [4.78, 5) is 4.27. The van der Waals surface area contributed by atoms with E-state index in [1.807, 2.05) is 18.5 Å². The highest BCUT2D eigenvalue weighted by Gasteiger charge is 2.02. The number of hydrogen-bond acceptors (Lipinski definition) is 3. The minimum atomic E-state index is 0.631. The van der Waals surface area contributed by atoms with Crippen LogP contribution < -0.4 is 0 Å². The summed E-state index contributed by atoms with van der Waals surface area (Å²) < 4.78 is 2.13. The van der Waals surface area contributed by atoms with Crippen LogP contribution in [0, 0.1) is 0 Å². The minimum Gasteiger partial charge on any atom is -0.335 e.